The van der Waals surface area contributed by atoms with E-state index in [1.54, 1.807) is 0 Å². The number of aryl methyl sites for hydroxylation is 1. The third-order valence-electron chi connectivity index (χ3n) is 1.97. The maximum atomic E-state index is 10.6. The molecule has 1 aromatic rings. The second-order valence-electron chi connectivity index (χ2n) is 3.16. The van der Waals surface area contributed by atoms with Gasteiger partial charge in [-0.25, -0.2) is 0 Å². The van der Waals surface area contributed by atoms with Crippen LogP contribution < -0.4 is 0 Å². The van der Waals surface area contributed by atoms with Gasteiger partial charge >= 0.3 is 11.9 Å². The average molecular weight is 240 g/mol. The molecular formula is C11H12O4S. The van der Waals surface area contributed by atoms with E-state index >= 15 is 0 Å². The number of thioether (sulfide) groups is 1. The first-order chi connectivity index (χ1) is 7.61. The highest BCUT2D eigenvalue weighted by molar-refractivity contribution is 8.01. The van der Waals surface area contributed by atoms with Gasteiger partial charge in [-0.15, -0.1) is 11.8 Å². The summed E-state index contributed by atoms with van der Waals surface area (Å²) in [5.74, 6) is -2.12. The van der Waals surface area contributed by atoms with Crippen LogP contribution in [0, 0.1) is 0 Å². The summed E-state index contributed by atoms with van der Waals surface area (Å²) in [6.07, 6.45) is 0.669. The minimum atomic E-state index is -1.37. The number of carboxylic acid groups (broad SMARTS) is 2. The minimum absolute atomic E-state index is 0.479. The first kappa shape index (κ1) is 12.6. The number of hydrogen-bond donors (Lipinski definition) is 2. The summed E-state index contributed by atoms with van der Waals surface area (Å²) in [4.78, 5) is 21.2. The molecule has 0 fully saturated rings. The van der Waals surface area contributed by atoms with Gasteiger partial charge in [-0.05, 0) is 17.7 Å². The molecule has 0 heterocycles. The molecule has 0 aliphatic carbocycles. The molecule has 0 saturated heterocycles. The van der Waals surface area contributed by atoms with Crippen molar-refractivity contribution < 1.29 is 19.8 Å². The normalized spacial score (nSPS) is 10.3. The average Bonchev–Trinajstić information content (AvgIpc) is 2.24. The topological polar surface area (TPSA) is 74.6 Å². The fourth-order valence-corrected chi connectivity index (χ4v) is 2.06. The molecule has 86 valence electrons. The molecule has 4 nitrogen and oxygen atoms in total. The molecule has 0 atom stereocenters. The lowest BCUT2D eigenvalue weighted by Crippen LogP contribution is -2.26. The van der Waals surface area contributed by atoms with Gasteiger partial charge in [0.2, 0.25) is 0 Å². The molecule has 2 N–H and O–H groups in total. The van der Waals surface area contributed by atoms with Crippen molar-refractivity contribution in [3.63, 3.8) is 0 Å². The van der Waals surface area contributed by atoms with E-state index in [0.29, 0.717) is 12.2 Å². The number of carbonyl (C=O) groups is 2. The molecule has 0 spiro atoms. The van der Waals surface area contributed by atoms with Gasteiger partial charge in [-0.1, -0.05) is 30.3 Å². The Balaban J connectivity index is 2.40. The van der Waals surface area contributed by atoms with Crippen LogP contribution in [0.15, 0.2) is 30.3 Å². The Labute approximate surface area is 97.3 Å². The highest BCUT2D eigenvalue weighted by Gasteiger charge is 2.25. The van der Waals surface area contributed by atoms with Gasteiger partial charge in [0.1, 0.15) is 0 Å². The number of benzene rings is 1. The van der Waals surface area contributed by atoms with Crippen LogP contribution in [0.4, 0.5) is 0 Å². The van der Waals surface area contributed by atoms with Gasteiger partial charge in [-0.3, -0.25) is 9.59 Å². The summed E-state index contributed by atoms with van der Waals surface area (Å²) in [6, 6.07) is 9.54. The minimum Gasteiger partial charge on any atom is -0.480 e. The first-order valence-corrected chi connectivity index (χ1v) is 5.77. The zero-order chi connectivity index (χ0) is 12.0. The summed E-state index contributed by atoms with van der Waals surface area (Å²) < 4.78 is 0. The largest absolute Gasteiger partial charge is 0.480 e. The molecule has 0 aromatic heterocycles. The Hall–Kier alpha value is -1.49. The Morgan fingerprint density at radius 3 is 2.19 bits per heavy atom. The fourth-order valence-electron chi connectivity index (χ4n) is 1.19. The van der Waals surface area contributed by atoms with Crippen LogP contribution in [0.3, 0.4) is 0 Å². The SMILES string of the molecule is O=C(O)C(SCCc1ccccc1)C(=O)O. The van der Waals surface area contributed by atoms with E-state index in [9.17, 15) is 9.59 Å². The van der Waals surface area contributed by atoms with Crippen molar-refractivity contribution in [2.24, 2.45) is 0 Å². The van der Waals surface area contributed by atoms with Crippen molar-refractivity contribution in [1.29, 1.82) is 0 Å². The van der Waals surface area contributed by atoms with Crippen LogP contribution in [0.2, 0.25) is 0 Å². The third-order valence-corrected chi connectivity index (χ3v) is 3.14. The van der Waals surface area contributed by atoms with Crippen LogP contribution in [0.25, 0.3) is 0 Å². The zero-order valence-corrected chi connectivity index (χ0v) is 9.31. The van der Waals surface area contributed by atoms with Crippen molar-refractivity contribution in [2.45, 2.75) is 11.7 Å². The third kappa shape index (κ3) is 3.94. The van der Waals surface area contributed by atoms with Crippen LogP contribution in [-0.4, -0.2) is 33.2 Å². The van der Waals surface area contributed by atoms with Crippen molar-refractivity contribution in [3.05, 3.63) is 35.9 Å². The van der Waals surface area contributed by atoms with Gasteiger partial charge in [0.25, 0.3) is 0 Å². The second-order valence-corrected chi connectivity index (χ2v) is 4.38. The molecule has 0 saturated carbocycles. The molecule has 0 unspecified atom stereocenters. The second kappa shape index (κ2) is 6.17. The van der Waals surface area contributed by atoms with E-state index in [0.717, 1.165) is 17.3 Å². The van der Waals surface area contributed by atoms with Gasteiger partial charge in [-0.2, -0.15) is 0 Å². The van der Waals surface area contributed by atoms with Gasteiger partial charge in [0.05, 0.1) is 0 Å². The number of rotatable bonds is 6. The number of hydrogen-bond acceptors (Lipinski definition) is 3. The Morgan fingerprint density at radius 2 is 1.69 bits per heavy atom. The van der Waals surface area contributed by atoms with Crippen molar-refractivity contribution in [3.8, 4) is 0 Å². The smallest absolute Gasteiger partial charge is 0.328 e. The lowest BCUT2D eigenvalue weighted by molar-refractivity contribution is -0.146. The molecule has 0 radical (unpaired) electrons. The van der Waals surface area contributed by atoms with Crippen molar-refractivity contribution >= 4 is 23.7 Å². The highest BCUT2D eigenvalue weighted by Crippen LogP contribution is 2.14. The van der Waals surface area contributed by atoms with Crippen molar-refractivity contribution in [1.82, 2.24) is 0 Å². The molecule has 0 amide bonds. The Bertz CT molecular complexity index is 350. The summed E-state index contributed by atoms with van der Waals surface area (Å²) in [6.45, 7) is 0. The maximum Gasteiger partial charge on any atom is 0.328 e. The Morgan fingerprint density at radius 1 is 1.12 bits per heavy atom. The summed E-state index contributed by atoms with van der Waals surface area (Å²) in [7, 11) is 0. The predicted octanol–water partition coefficient (Wildman–Crippen LogP) is 1.50. The molecule has 0 aliphatic heterocycles. The van der Waals surface area contributed by atoms with Crippen LogP contribution in [0.1, 0.15) is 5.56 Å². The summed E-state index contributed by atoms with van der Waals surface area (Å²) >= 11 is 0.933. The van der Waals surface area contributed by atoms with E-state index in [1.807, 2.05) is 30.3 Å². The fraction of sp³-hybridized carbons (Fsp3) is 0.273. The standard InChI is InChI=1S/C11H12O4S/c12-10(13)9(11(14)15)16-7-6-8-4-2-1-3-5-8/h1-5,9H,6-7H2,(H,12,13)(H,14,15). The van der Waals surface area contributed by atoms with Gasteiger partial charge in [0, 0.05) is 0 Å². The molecule has 5 heteroatoms. The van der Waals surface area contributed by atoms with Crippen LogP contribution in [-0.2, 0) is 16.0 Å². The summed E-state index contributed by atoms with van der Waals surface area (Å²) in [5, 5.41) is 15.9. The van der Waals surface area contributed by atoms with Crippen molar-refractivity contribution in [2.75, 3.05) is 5.75 Å². The van der Waals surface area contributed by atoms with Crippen LogP contribution in [0.5, 0.6) is 0 Å². The quantitative estimate of drug-likeness (QED) is 0.737. The molecule has 1 aromatic carbocycles. The molecular weight excluding hydrogens is 228 g/mol. The van der Waals surface area contributed by atoms with Crippen LogP contribution >= 0.6 is 11.8 Å². The summed E-state index contributed by atoms with van der Waals surface area (Å²) in [5.41, 5.74) is 1.07. The van der Waals surface area contributed by atoms with Gasteiger partial charge < -0.3 is 10.2 Å². The van der Waals surface area contributed by atoms with E-state index in [-0.39, 0.29) is 0 Å². The van der Waals surface area contributed by atoms with Gasteiger partial charge in [0.15, 0.2) is 5.25 Å². The molecule has 1 rings (SSSR count). The number of aliphatic carboxylic acids is 2. The number of carboxylic acids is 2. The molecule has 0 bridgehead atoms. The van der Waals surface area contributed by atoms with E-state index < -0.39 is 17.2 Å². The first-order valence-electron chi connectivity index (χ1n) is 4.72. The zero-order valence-electron chi connectivity index (χ0n) is 8.50. The highest BCUT2D eigenvalue weighted by atomic mass is 32.2. The maximum absolute atomic E-state index is 10.6. The molecule has 16 heavy (non-hydrogen) atoms. The van der Waals surface area contributed by atoms with E-state index in [1.165, 1.54) is 0 Å². The lowest BCUT2D eigenvalue weighted by atomic mass is 10.2. The van der Waals surface area contributed by atoms with E-state index in [2.05, 4.69) is 0 Å². The monoisotopic (exact) mass is 240 g/mol. The van der Waals surface area contributed by atoms with E-state index in [4.69, 9.17) is 10.2 Å². The lowest BCUT2D eigenvalue weighted by Gasteiger charge is -2.06. The Kier molecular flexibility index (Phi) is 4.85. The predicted molar refractivity (Wildman–Crippen MR) is 61.7 cm³/mol. The molecule has 0 aliphatic rings.